The predicted molar refractivity (Wildman–Crippen MR) is 82.7 cm³/mol. The summed E-state index contributed by atoms with van der Waals surface area (Å²) in [6, 6.07) is 13.8. The monoisotopic (exact) mass is 287 g/mol. The van der Waals surface area contributed by atoms with E-state index in [0.717, 1.165) is 11.5 Å². The molecule has 0 aliphatic carbocycles. The minimum Gasteiger partial charge on any atom is -0.462 e. The highest BCUT2D eigenvalue weighted by Gasteiger charge is 1.98. The summed E-state index contributed by atoms with van der Waals surface area (Å²) in [5.41, 5.74) is 0. The number of benzene rings is 1. The van der Waals surface area contributed by atoms with Crippen molar-refractivity contribution < 1.29 is 9.21 Å². The maximum Gasteiger partial charge on any atom is 0.244 e. The molecule has 4 heteroatoms. The van der Waals surface area contributed by atoms with E-state index in [4.69, 9.17) is 4.42 Å². The molecule has 0 fully saturated rings. The first-order valence-corrected chi connectivity index (χ1v) is 7.43. The van der Waals surface area contributed by atoms with Gasteiger partial charge < -0.3 is 9.73 Å². The average Bonchev–Trinajstić information content (AvgIpc) is 2.88. The predicted octanol–water partition coefficient (Wildman–Crippen LogP) is 3.51. The van der Waals surface area contributed by atoms with Gasteiger partial charge in [0, 0.05) is 23.3 Å². The molecule has 104 valence electrons. The summed E-state index contributed by atoms with van der Waals surface area (Å²) in [5, 5.41) is 2.84. The van der Waals surface area contributed by atoms with Crippen LogP contribution in [0.1, 0.15) is 11.5 Å². The van der Waals surface area contributed by atoms with Crippen LogP contribution < -0.4 is 5.32 Å². The number of aryl methyl sites for hydroxylation is 1. The van der Waals surface area contributed by atoms with Gasteiger partial charge in [0.05, 0.1) is 0 Å². The maximum absolute atomic E-state index is 11.6. The molecule has 1 amide bonds. The number of amides is 1. The fraction of sp³-hybridized carbons (Fsp3) is 0.188. The number of thioether (sulfide) groups is 1. The molecule has 0 spiro atoms. The summed E-state index contributed by atoms with van der Waals surface area (Å²) >= 11 is 1.72. The van der Waals surface area contributed by atoms with Crippen LogP contribution >= 0.6 is 11.8 Å². The Balaban J connectivity index is 1.66. The lowest BCUT2D eigenvalue weighted by Gasteiger charge is -2.02. The van der Waals surface area contributed by atoms with Gasteiger partial charge in [-0.3, -0.25) is 4.79 Å². The smallest absolute Gasteiger partial charge is 0.244 e. The topological polar surface area (TPSA) is 42.2 Å². The van der Waals surface area contributed by atoms with Crippen molar-refractivity contribution in [3.63, 3.8) is 0 Å². The minimum absolute atomic E-state index is 0.104. The van der Waals surface area contributed by atoms with E-state index in [0.29, 0.717) is 12.3 Å². The van der Waals surface area contributed by atoms with Crippen LogP contribution in [-0.4, -0.2) is 18.2 Å². The molecule has 1 N–H and O–H groups in total. The second-order valence-electron chi connectivity index (χ2n) is 4.23. The standard InChI is InChI=1S/C16H17NO2S/c1-13-7-8-14(19-13)9-10-16(18)17-11-12-20-15-5-3-2-4-6-15/h2-10H,11-12H2,1H3,(H,17,18)/b10-9+. The molecule has 0 radical (unpaired) electrons. The van der Waals surface area contributed by atoms with E-state index in [9.17, 15) is 4.79 Å². The molecule has 1 heterocycles. The summed E-state index contributed by atoms with van der Waals surface area (Å²) in [6.45, 7) is 2.51. The lowest BCUT2D eigenvalue weighted by atomic mass is 10.4. The zero-order valence-corrected chi connectivity index (χ0v) is 12.2. The highest BCUT2D eigenvalue weighted by atomic mass is 32.2. The van der Waals surface area contributed by atoms with Crippen LogP contribution in [0.15, 0.2) is 57.9 Å². The van der Waals surface area contributed by atoms with Gasteiger partial charge in [-0.15, -0.1) is 11.8 Å². The normalized spacial score (nSPS) is 10.8. The number of nitrogens with one attached hydrogen (secondary N) is 1. The Morgan fingerprint density at radius 2 is 2.05 bits per heavy atom. The van der Waals surface area contributed by atoms with E-state index in [1.54, 1.807) is 17.8 Å². The fourth-order valence-electron chi connectivity index (χ4n) is 1.62. The molecule has 2 aromatic rings. The molecule has 0 atom stereocenters. The number of carbonyl (C=O) groups excluding carboxylic acids is 1. The number of hydrogen-bond donors (Lipinski definition) is 1. The van der Waals surface area contributed by atoms with Crippen LogP contribution in [0, 0.1) is 6.92 Å². The lowest BCUT2D eigenvalue weighted by Crippen LogP contribution is -2.23. The van der Waals surface area contributed by atoms with Gasteiger partial charge in [0.1, 0.15) is 11.5 Å². The van der Waals surface area contributed by atoms with Crippen LogP contribution in [0.25, 0.3) is 6.08 Å². The number of carbonyl (C=O) groups is 1. The quantitative estimate of drug-likeness (QED) is 0.502. The van der Waals surface area contributed by atoms with E-state index in [1.807, 2.05) is 37.3 Å². The Morgan fingerprint density at radius 1 is 1.25 bits per heavy atom. The number of furan rings is 1. The van der Waals surface area contributed by atoms with Crippen molar-refractivity contribution in [1.82, 2.24) is 5.32 Å². The van der Waals surface area contributed by atoms with Gasteiger partial charge in [-0.2, -0.15) is 0 Å². The molecule has 3 nitrogen and oxygen atoms in total. The van der Waals surface area contributed by atoms with Crippen molar-refractivity contribution in [2.75, 3.05) is 12.3 Å². The van der Waals surface area contributed by atoms with Crippen molar-refractivity contribution in [2.45, 2.75) is 11.8 Å². The first-order chi connectivity index (χ1) is 9.74. The van der Waals surface area contributed by atoms with Crippen molar-refractivity contribution >= 4 is 23.7 Å². The Kier molecular flexibility index (Phi) is 5.50. The molecule has 0 aliphatic heterocycles. The SMILES string of the molecule is Cc1ccc(/C=C/C(=O)NCCSc2ccccc2)o1. The molecule has 0 saturated carbocycles. The van der Waals surface area contributed by atoms with Gasteiger partial charge in [-0.1, -0.05) is 18.2 Å². The highest BCUT2D eigenvalue weighted by Crippen LogP contribution is 2.15. The Morgan fingerprint density at radius 3 is 2.75 bits per heavy atom. The molecule has 0 saturated heterocycles. The zero-order chi connectivity index (χ0) is 14.2. The van der Waals surface area contributed by atoms with Crippen molar-refractivity contribution in [2.24, 2.45) is 0 Å². The van der Waals surface area contributed by atoms with Crippen LogP contribution in [0.4, 0.5) is 0 Å². The summed E-state index contributed by atoms with van der Waals surface area (Å²) in [5.74, 6) is 2.28. The molecular formula is C16H17NO2S. The third-order valence-corrected chi connectivity index (χ3v) is 3.59. The Hall–Kier alpha value is -1.94. The molecule has 0 bridgehead atoms. The van der Waals surface area contributed by atoms with Gasteiger partial charge in [-0.25, -0.2) is 0 Å². The van der Waals surface area contributed by atoms with Gasteiger partial charge in [-0.05, 0) is 37.3 Å². The fourth-order valence-corrected chi connectivity index (χ4v) is 2.41. The van der Waals surface area contributed by atoms with E-state index >= 15 is 0 Å². The van der Waals surface area contributed by atoms with Crippen molar-refractivity contribution in [1.29, 1.82) is 0 Å². The van der Waals surface area contributed by atoms with E-state index < -0.39 is 0 Å². The van der Waals surface area contributed by atoms with Gasteiger partial charge in [0.25, 0.3) is 0 Å². The van der Waals surface area contributed by atoms with E-state index in [2.05, 4.69) is 17.4 Å². The third kappa shape index (κ3) is 4.97. The second-order valence-corrected chi connectivity index (χ2v) is 5.40. The first kappa shape index (κ1) is 14.5. The van der Waals surface area contributed by atoms with Crippen LogP contribution in [0.3, 0.4) is 0 Å². The van der Waals surface area contributed by atoms with Crippen LogP contribution in [-0.2, 0) is 4.79 Å². The average molecular weight is 287 g/mol. The largest absolute Gasteiger partial charge is 0.462 e. The zero-order valence-electron chi connectivity index (χ0n) is 11.3. The minimum atomic E-state index is -0.104. The third-order valence-electron chi connectivity index (χ3n) is 2.57. The lowest BCUT2D eigenvalue weighted by molar-refractivity contribution is -0.116. The van der Waals surface area contributed by atoms with E-state index in [-0.39, 0.29) is 5.91 Å². The van der Waals surface area contributed by atoms with Crippen LogP contribution in [0.5, 0.6) is 0 Å². The summed E-state index contributed by atoms with van der Waals surface area (Å²) in [6.07, 6.45) is 3.16. The maximum atomic E-state index is 11.6. The van der Waals surface area contributed by atoms with Crippen molar-refractivity contribution in [3.8, 4) is 0 Å². The first-order valence-electron chi connectivity index (χ1n) is 6.44. The molecule has 2 rings (SSSR count). The second kappa shape index (κ2) is 7.60. The molecule has 20 heavy (non-hydrogen) atoms. The Bertz CT molecular complexity index is 575. The molecule has 1 aromatic heterocycles. The molecule has 0 unspecified atom stereocenters. The molecule has 1 aromatic carbocycles. The number of rotatable bonds is 6. The Labute approximate surface area is 123 Å². The van der Waals surface area contributed by atoms with Gasteiger partial charge >= 0.3 is 0 Å². The summed E-state index contributed by atoms with van der Waals surface area (Å²) in [4.78, 5) is 12.8. The molecule has 0 aliphatic rings. The van der Waals surface area contributed by atoms with Gasteiger partial charge in [0.2, 0.25) is 5.91 Å². The van der Waals surface area contributed by atoms with Crippen LogP contribution in [0.2, 0.25) is 0 Å². The summed E-state index contributed by atoms with van der Waals surface area (Å²) < 4.78 is 5.35. The van der Waals surface area contributed by atoms with Gasteiger partial charge in [0.15, 0.2) is 0 Å². The number of hydrogen-bond acceptors (Lipinski definition) is 3. The summed E-state index contributed by atoms with van der Waals surface area (Å²) in [7, 11) is 0. The molecular weight excluding hydrogens is 270 g/mol. The highest BCUT2D eigenvalue weighted by molar-refractivity contribution is 7.99. The van der Waals surface area contributed by atoms with E-state index in [1.165, 1.54) is 11.0 Å². The van der Waals surface area contributed by atoms with Crippen molar-refractivity contribution in [3.05, 3.63) is 60.1 Å².